The Morgan fingerprint density at radius 3 is 2.26 bits per heavy atom. The van der Waals surface area contributed by atoms with Gasteiger partial charge < -0.3 is 10.0 Å². The number of hydrogen-bond donors (Lipinski definition) is 1. The van der Waals surface area contributed by atoms with Crippen LogP contribution in [0.25, 0.3) is 5.76 Å². The van der Waals surface area contributed by atoms with Crippen molar-refractivity contribution >= 4 is 29.1 Å². The van der Waals surface area contributed by atoms with Gasteiger partial charge in [0.05, 0.1) is 11.6 Å². The summed E-state index contributed by atoms with van der Waals surface area (Å²) < 4.78 is 0. The number of aliphatic hydroxyl groups excluding tert-OH is 1. The summed E-state index contributed by atoms with van der Waals surface area (Å²) in [6.45, 7) is 0. The lowest BCUT2D eigenvalue weighted by molar-refractivity contribution is -0.139. The van der Waals surface area contributed by atoms with E-state index in [1.165, 1.54) is 4.90 Å². The van der Waals surface area contributed by atoms with Gasteiger partial charge in [0.25, 0.3) is 11.7 Å². The molecule has 1 saturated heterocycles. The van der Waals surface area contributed by atoms with E-state index < -0.39 is 17.7 Å². The van der Waals surface area contributed by atoms with Gasteiger partial charge in [0.1, 0.15) is 5.76 Å². The highest BCUT2D eigenvalue weighted by atomic mass is 35.5. The predicted octanol–water partition coefficient (Wildman–Crippen LogP) is 3.39. The van der Waals surface area contributed by atoms with Crippen molar-refractivity contribution in [3.63, 3.8) is 0 Å². The van der Waals surface area contributed by atoms with Crippen molar-refractivity contribution in [3.05, 3.63) is 76.3 Å². The molecule has 1 fully saturated rings. The third-order valence-electron chi connectivity index (χ3n) is 3.91. The minimum atomic E-state index is -0.686. The predicted molar refractivity (Wildman–Crippen MR) is 88.0 cm³/mol. The van der Waals surface area contributed by atoms with Crippen LogP contribution in [0, 0.1) is 0 Å². The number of amides is 1. The molecule has 0 aliphatic carbocycles. The maximum Gasteiger partial charge on any atom is 0.295 e. The molecule has 1 atom stereocenters. The molecule has 0 bridgehead atoms. The Hall–Kier alpha value is -2.59. The molecule has 1 unspecified atom stereocenters. The maximum absolute atomic E-state index is 12.3. The van der Waals surface area contributed by atoms with Crippen molar-refractivity contribution < 1.29 is 14.7 Å². The number of aliphatic hydroxyl groups is 1. The normalized spacial score (nSPS) is 20.1. The lowest BCUT2D eigenvalue weighted by Crippen LogP contribution is -2.24. The minimum absolute atomic E-state index is 0.0889. The van der Waals surface area contributed by atoms with Crippen molar-refractivity contribution in [2.24, 2.45) is 0 Å². The quantitative estimate of drug-likeness (QED) is 0.522. The molecule has 2 aromatic carbocycles. The average molecular weight is 328 g/mol. The number of nitrogens with zero attached hydrogens (tertiary/aromatic N) is 1. The first-order chi connectivity index (χ1) is 11.0. The summed E-state index contributed by atoms with van der Waals surface area (Å²) in [7, 11) is 1.56. The molecule has 1 amide bonds. The van der Waals surface area contributed by atoms with Gasteiger partial charge >= 0.3 is 0 Å². The van der Waals surface area contributed by atoms with Crippen LogP contribution in [0.15, 0.2) is 60.2 Å². The van der Waals surface area contributed by atoms with Crippen LogP contribution < -0.4 is 0 Å². The molecule has 0 spiro atoms. The molecule has 2 aromatic rings. The van der Waals surface area contributed by atoms with Crippen molar-refractivity contribution in [3.8, 4) is 0 Å². The number of hydrogen-bond acceptors (Lipinski definition) is 3. The molecule has 4 nitrogen and oxygen atoms in total. The van der Waals surface area contributed by atoms with Gasteiger partial charge in [-0.05, 0) is 29.8 Å². The van der Waals surface area contributed by atoms with Gasteiger partial charge in [0, 0.05) is 17.6 Å². The van der Waals surface area contributed by atoms with E-state index in [0.717, 1.165) is 5.56 Å². The minimum Gasteiger partial charge on any atom is -0.507 e. The van der Waals surface area contributed by atoms with Gasteiger partial charge in [-0.25, -0.2) is 0 Å². The first-order valence-corrected chi connectivity index (χ1v) is 7.44. The molecule has 1 heterocycles. The highest BCUT2D eigenvalue weighted by Crippen LogP contribution is 2.38. The van der Waals surface area contributed by atoms with Crippen molar-refractivity contribution in [2.75, 3.05) is 7.05 Å². The number of Topliss-reactive ketones (excluding diaryl/α,β-unsaturated/α-hetero) is 1. The maximum atomic E-state index is 12.3. The highest BCUT2D eigenvalue weighted by Gasteiger charge is 2.44. The molecule has 1 aliphatic heterocycles. The highest BCUT2D eigenvalue weighted by molar-refractivity contribution is 6.46. The third kappa shape index (κ3) is 2.62. The second-order valence-corrected chi connectivity index (χ2v) is 5.76. The Morgan fingerprint density at radius 2 is 1.65 bits per heavy atom. The van der Waals surface area contributed by atoms with Crippen LogP contribution in [0.2, 0.25) is 5.02 Å². The fraction of sp³-hybridized carbons (Fsp3) is 0.111. The van der Waals surface area contributed by atoms with Gasteiger partial charge in [-0.3, -0.25) is 9.59 Å². The zero-order valence-electron chi connectivity index (χ0n) is 12.4. The standard InChI is InChI=1S/C18H14ClNO3/c1-20-15(11-5-3-2-4-6-11)14(17(22)18(20)23)16(21)12-7-9-13(19)10-8-12/h2-10,15,21H,1H3/b16-14-. The third-order valence-corrected chi connectivity index (χ3v) is 4.16. The number of likely N-dealkylation sites (N-methyl/N-ethyl adjacent to an activating group) is 1. The van der Waals surface area contributed by atoms with Crippen LogP contribution in [0.3, 0.4) is 0 Å². The second-order valence-electron chi connectivity index (χ2n) is 5.33. The molecular formula is C18H14ClNO3. The number of carbonyl (C=O) groups is 2. The molecule has 116 valence electrons. The van der Waals surface area contributed by atoms with Crippen LogP contribution in [0.5, 0.6) is 0 Å². The Bertz CT molecular complexity index is 797. The smallest absolute Gasteiger partial charge is 0.295 e. The van der Waals surface area contributed by atoms with E-state index in [1.807, 2.05) is 30.3 Å². The number of rotatable bonds is 2. The van der Waals surface area contributed by atoms with E-state index in [2.05, 4.69) is 0 Å². The summed E-state index contributed by atoms with van der Waals surface area (Å²) in [5, 5.41) is 11.1. The molecule has 1 aliphatic rings. The van der Waals surface area contributed by atoms with Crippen LogP contribution in [-0.2, 0) is 9.59 Å². The van der Waals surface area contributed by atoms with Gasteiger partial charge in [0.15, 0.2) is 0 Å². The Kier molecular flexibility index (Phi) is 3.92. The Labute approximate surface area is 138 Å². The van der Waals surface area contributed by atoms with Crippen LogP contribution in [0.4, 0.5) is 0 Å². The number of benzene rings is 2. The topological polar surface area (TPSA) is 57.6 Å². The molecular weight excluding hydrogens is 314 g/mol. The van der Waals surface area contributed by atoms with Gasteiger partial charge in [0.2, 0.25) is 0 Å². The monoisotopic (exact) mass is 327 g/mol. The van der Waals surface area contributed by atoms with Gasteiger partial charge in [-0.15, -0.1) is 0 Å². The van der Waals surface area contributed by atoms with E-state index >= 15 is 0 Å². The molecule has 1 N–H and O–H groups in total. The molecule has 0 radical (unpaired) electrons. The van der Waals surface area contributed by atoms with E-state index in [1.54, 1.807) is 31.3 Å². The fourth-order valence-corrected chi connectivity index (χ4v) is 2.86. The van der Waals surface area contributed by atoms with Crippen molar-refractivity contribution in [1.29, 1.82) is 0 Å². The summed E-state index contributed by atoms with van der Waals surface area (Å²) in [6.07, 6.45) is 0. The first-order valence-electron chi connectivity index (χ1n) is 7.06. The van der Waals surface area contributed by atoms with Crippen molar-refractivity contribution in [2.45, 2.75) is 6.04 Å². The molecule has 0 aromatic heterocycles. The molecule has 3 rings (SSSR count). The summed E-state index contributed by atoms with van der Waals surface area (Å²) in [5.74, 6) is -1.51. The van der Waals surface area contributed by atoms with Gasteiger partial charge in [-0.2, -0.15) is 0 Å². The SMILES string of the molecule is CN1C(=O)C(=O)/C(=C(\O)c2ccc(Cl)cc2)C1c1ccccc1. The number of halogens is 1. The molecule has 5 heteroatoms. The summed E-state index contributed by atoms with van der Waals surface area (Å²) in [4.78, 5) is 25.8. The van der Waals surface area contributed by atoms with Gasteiger partial charge in [-0.1, -0.05) is 41.9 Å². The second kappa shape index (κ2) is 5.89. The largest absolute Gasteiger partial charge is 0.507 e. The number of carbonyl (C=O) groups excluding carboxylic acids is 2. The Balaban J connectivity index is 2.17. The summed E-state index contributed by atoms with van der Waals surface area (Å²) >= 11 is 5.85. The summed E-state index contributed by atoms with van der Waals surface area (Å²) in [5.41, 5.74) is 1.30. The number of ketones is 1. The van der Waals surface area contributed by atoms with Crippen molar-refractivity contribution in [1.82, 2.24) is 4.90 Å². The fourth-order valence-electron chi connectivity index (χ4n) is 2.74. The van der Waals surface area contributed by atoms with E-state index in [-0.39, 0.29) is 11.3 Å². The Morgan fingerprint density at radius 1 is 1.04 bits per heavy atom. The van der Waals surface area contributed by atoms with Crippen LogP contribution in [-0.4, -0.2) is 28.7 Å². The summed E-state index contributed by atoms with van der Waals surface area (Å²) in [6, 6.07) is 15.0. The van der Waals surface area contributed by atoms with E-state index in [9.17, 15) is 14.7 Å². The zero-order chi connectivity index (χ0) is 16.6. The molecule has 23 heavy (non-hydrogen) atoms. The lowest BCUT2D eigenvalue weighted by Gasteiger charge is -2.20. The first kappa shape index (κ1) is 15.3. The molecule has 0 saturated carbocycles. The average Bonchev–Trinajstić information content (AvgIpc) is 2.80. The number of likely N-dealkylation sites (tertiary alicyclic amines) is 1. The lowest BCUT2D eigenvalue weighted by atomic mass is 9.95. The van der Waals surface area contributed by atoms with E-state index in [0.29, 0.717) is 10.6 Å². The van der Waals surface area contributed by atoms with Crippen LogP contribution >= 0.6 is 11.6 Å². The zero-order valence-corrected chi connectivity index (χ0v) is 13.1. The van der Waals surface area contributed by atoms with Crippen LogP contribution in [0.1, 0.15) is 17.2 Å². The van der Waals surface area contributed by atoms with E-state index in [4.69, 9.17) is 11.6 Å².